The first-order valence-corrected chi connectivity index (χ1v) is 8.79. The molecule has 0 aromatic carbocycles. The van der Waals surface area contributed by atoms with Gasteiger partial charge in [0.05, 0.1) is 18.2 Å². The Hall–Kier alpha value is -0.850. The van der Waals surface area contributed by atoms with Crippen LogP contribution in [0, 0.1) is 11.3 Å². The van der Waals surface area contributed by atoms with Crippen LogP contribution in [-0.2, 0) is 4.74 Å². The number of aliphatic hydroxyl groups is 2. The van der Waals surface area contributed by atoms with E-state index in [1.165, 1.54) is 0 Å². The summed E-state index contributed by atoms with van der Waals surface area (Å²) in [6, 6.07) is 0. The lowest BCUT2D eigenvalue weighted by atomic mass is 9.73. The topological polar surface area (TPSA) is 82.0 Å². The number of β-amino-alcohol motifs (C(OH)–C–C–N with tert-alkyl or cyclic N) is 2. The molecule has 1 rings (SSSR count). The molecule has 6 heteroatoms. The first kappa shape index (κ1) is 21.2. The first-order valence-electron chi connectivity index (χ1n) is 8.79. The summed E-state index contributed by atoms with van der Waals surface area (Å²) in [5.74, 6) is 0.263. The Kier molecular flexibility index (Phi) is 6.70. The number of nitrogens with zero attached hydrogens (tertiary/aromatic N) is 1. The summed E-state index contributed by atoms with van der Waals surface area (Å²) < 4.78 is 5.18. The lowest BCUT2D eigenvalue weighted by Crippen LogP contribution is -2.54. The molecular weight excluding hydrogens is 308 g/mol. The van der Waals surface area contributed by atoms with Gasteiger partial charge in [-0.25, -0.2) is 4.79 Å². The second kappa shape index (κ2) is 7.58. The molecule has 0 spiro atoms. The number of carbonyl (C=O) groups is 1. The molecule has 142 valence electrons. The van der Waals surface area contributed by atoms with Crippen molar-refractivity contribution in [2.75, 3.05) is 26.2 Å². The maximum atomic E-state index is 11.7. The Morgan fingerprint density at radius 2 is 1.79 bits per heavy atom. The zero-order valence-corrected chi connectivity index (χ0v) is 16.3. The molecule has 0 aliphatic carbocycles. The molecule has 1 aliphatic heterocycles. The lowest BCUT2D eigenvalue weighted by molar-refractivity contribution is -0.0527. The third kappa shape index (κ3) is 7.36. The molecule has 1 amide bonds. The Morgan fingerprint density at radius 1 is 1.21 bits per heavy atom. The first-order chi connectivity index (χ1) is 10.7. The molecule has 1 saturated heterocycles. The quantitative estimate of drug-likeness (QED) is 0.726. The fraction of sp³-hybridized carbons (Fsp3) is 0.944. The van der Waals surface area contributed by atoms with Crippen LogP contribution in [0.1, 0.15) is 54.9 Å². The van der Waals surface area contributed by atoms with Crippen molar-refractivity contribution in [3.05, 3.63) is 0 Å². The highest BCUT2D eigenvalue weighted by Gasteiger charge is 2.37. The second-order valence-corrected chi connectivity index (χ2v) is 9.42. The monoisotopic (exact) mass is 344 g/mol. The van der Waals surface area contributed by atoms with Gasteiger partial charge in [-0.15, -0.1) is 0 Å². The van der Waals surface area contributed by atoms with Gasteiger partial charge in [-0.1, -0.05) is 20.8 Å². The van der Waals surface area contributed by atoms with E-state index in [0.29, 0.717) is 13.1 Å². The van der Waals surface area contributed by atoms with Crippen LogP contribution in [0.5, 0.6) is 0 Å². The van der Waals surface area contributed by atoms with Gasteiger partial charge in [-0.2, -0.15) is 0 Å². The van der Waals surface area contributed by atoms with Crippen molar-refractivity contribution in [2.24, 2.45) is 11.3 Å². The maximum absolute atomic E-state index is 11.7. The fourth-order valence-corrected chi connectivity index (χ4v) is 3.27. The van der Waals surface area contributed by atoms with Gasteiger partial charge >= 0.3 is 6.09 Å². The predicted octanol–water partition coefficient (Wildman–Crippen LogP) is 1.99. The maximum Gasteiger partial charge on any atom is 0.407 e. The van der Waals surface area contributed by atoms with Crippen molar-refractivity contribution in [3.8, 4) is 0 Å². The molecule has 0 aromatic rings. The molecule has 0 radical (unpaired) electrons. The van der Waals surface area contributed by atoms with E-state index in [0.717, 1.165) is 13.0 Å². The second-order valence-electron chi connectivity index (χ2n) is 9.42. The number of alkyl carbamates (subject to hydrolysis) is 1. The number of ether oxygens (including phenoxy) is 1. The summed E-state index contributed by atoms with van der Waals surface area (Å²) >= 11 is 0. The molecule has 3 atom stereocenters. The molecule has 0 saturated carbocycles. The predicted molar refractivity (Wildman–Crippen MR) is 94.9 cm³/mol. The minimum atomic E-state index is -1.08. The molecule has 1 aliphatic rings. The number of hydrogen-bond donors (Lipinski definition) is 3. The minimum Gasteiger partial charge on any atom is -0.444 e. The molecule has 24 heavy (non-hydrogen) atoms. The van der Waals surface area contributed by atoms with Crippen LogP contribution in [0.15, 0.2) is 0 Å². The molecule has 0 bridgehead atoms. The summed E-state index contributed by atoms with van der Waals surface area (Å²) in [5, 5.41) is 23.5. The van der Waals surface area contributed by atoms with Crippen molar-refractivity contribution in [1.82, 2.24) is 10.2 Å². The molecule has 1 fully saturated rings. The van der Waals surface area contributed by atoms with Crippen molar-refractivity contribution < 1.29 is 19.7 Å². The van der Waals surface area contributed by atoms with Crippen LogP contribution in [0.4, 0.5) is 4.79 Å². The van der Waals surface area contributed by atoms with Gasteiger partial charge in [0.2, 0.25) is 0 Å². The highest BCUT2D eigenvalue weighted by molar-refractivity contribution is 5.67. The molecular formula is C18H36N2O4. The SMILES string of the molecule is CC(C)(C)OC(=O)NC[C@](C)(O)CN1CC[C@H](C(C)(C)C)[C@H](O)C1. The molecule has 1 heterocycles. The van der Waals surface area contributed by atoms with Gasteiger partial charge < -0.3 is 20.3 Å². The summed E-state index contributed by atoms with van der Waals surface area (Å²) in [6.45, 7) is 15.4. The van der Waals surface area contributed by atoms with Gasteiger partial charge in [0.25, 0.3) is 0 Å². The zero-order valence-electron chi connectivity index (χ0n) is 16.3. The molecule has 3 N–H and O–H groups in total. The van der Waals surface area contributed by atoms with Crippen LogP contribution in [0.25, 0.3) is 0 Å². The van der Waals surface area contributed by atoms with Crippen LogP contribution >= 0.6 is 0 Å². The number of piperidine rings is 1. The standard InChI is InChI=1S/C18H36N2O4/c1-16(2,3)13-8-9-20(10-14(13)21)12-18(7,23)11-19-15(22)24-17(4,5)6/h13-14,21,23H,8-12H2,1-7H3,(H,19,22)/t13-,14+,18-/m0/s1. The van der Waals surface area contributed by atoms with E-state index in [2.05, 4.69) is 31.0 Å². The lowest BCUT2D eigenvalue weighted by Gasteiger charge is -2.44. The van der Waals surface area contributed by atoms with Crippen LogP contribution in [0.3, 0.4) is 0 Å². The van der Waals surface area contributed by atoms with E-state index in [-0.39, 0.29) is 17.9 Å². The van der Waals surface area contributed by atoms with Gasteiger partial charge in [-0.3, -0.25) is 4.90 Å². The largest absolute Gasteiger partial charge is 0.444 e. The summed E-state index contributed by atoms with van der Waals surface area (Å²) in [4.78, 5) is 13.8. The number of nitrogens with one attached hydrogen (secondary N) is 1. The van der Waals surface area contributed by atoms with E-state index in [9.17, 15) is 15.0 Å². The Labute approximate surface area is 146 Å². The minimum absolute atomic E-state index is 0.0757. The average Bonchev–Trinajstić information content (AvgIpc) is 2.32. The van der Waals surface area contributed by atoms with Gasteiger partial charge in [0.15, 0.2) is 0 Å². The van der Waals surface area contributed by atoms with E-state index in [1.54, 1.807) is 27.7 Å². The van der Waals surface area contributed by atoms with Gasteiger partial charge in [0, 0.05) is 13.1 Å². The third-order valence-corrected chi connectivity index (χ3v) is 4.36. The summed E-state index contributed by atoms with van der Waals surface area (Å²) in [6.07, 6.45) is -0.0251. The normalized spacial score (nSPS) is 25.9. The van der Waals surface area contributed by atoms with Crippen molar-refractivity contribution >= 4 is 6.09 Å². The number of rotatable bonds is 4. The third-order valence-electron chi connectivity index (χ3n) is 4.36. The highest BCUT2D eigenvalue weighted by atomic mass is 16.6. The molecule has 0 aromatic heterocycles. The van der Waals surface area contributed by atoms with E-state index in [1.807, 2.05) is 0 Å². The number of amides is 1. The number of carbonyl (C=O) groups excluding carboxylic acids is 1. The van der Waals surface area contributed by atoms with Crippen molar-refractivity contribution in [3.63, 3.8) is 0 Å². The Balaban J connectivity index is 2.46. The number of aliphatic hydroxyl groups excluding tert-OH is 1. The van der Waals surface area contributed by atoms with Gasteiger partial charge in [0.1, 0.15) is 5.60 Å². The zero-order chi connectivity index (χ0) is 18.8. The number of hydrogen-bond acceptors (Lipinski definition) is 5. The van der Waals surface area contributed by atoms with Crippen LogP contribution in [-0.4, -0.2) is 64.7 Å². The highest BCUT2D eigenvalue weighted by Crippen LogP contribution is 2.34. The Bertz CT molecular complexity index is 424. The van der Waals surface area contributed by atoms with Crippen LogP contribution in [0.2, 0.25) is 0 Å². The van der Waals surface area contributed by atoms with E-state index >= 15 is 0 Å². The summed E-state index contributed by atoms with van der Waals surface area (Å²) in [5.41, 5.74) is -1.56. The Morgan fingerprint density at radius 3 is 2.25 bits per heavy atom. The van der Waals surface area contributed by atoms with E-state index < -0.39 is 23.4 Å². The fourth-order valence-electron chi connectivity index (χ4n) is 3.27. The molecule has 6 nitrogen and oxygen atoms in total. The van der Waals surface area contributed by atoms with Crippen molar-refractivity contribution in [2.45, 2.75) is 72.2 Å². The van der Waals surface area contributed by atoms with Crippen LogP contribution < -0.4 is 5.32 Å². The smallest absolute Gasteiger partial charge is 0.407 e. The van der Waals surface area contributed by atoms with Crippen molar-refractivity contribution in [1.29, 1.82) is 0 Å². The summed E-state index contributed by atoms with van der Waals surface area (Å²) in [7, 11) is 0. The average molecular weight is 344 g/mol. The molecule has 0 unspecified atom stereocenters. The number of likely N-dealkylation sites (tertiary alicyclic amines) is 1. The van der Waals surface area contributed by atoms with E-state index in [4.69, 9.17) is 4.74 Å². The van der Waals surface area contributed by atoms with Gasteiger partial charge in [-0.05, 0) is 52.0 Å².